The number of rotatable bonds is 5. The van der Waals surface area contributed by atoms with E-state index in [0.29, 0.717) is 23.8 Å². The molecule has 1 aliphatic carbocycles. The highest BCUT2D eigenvalue weighted by Crippen LogP contribution is 2.53. The highest BCUT2D eigenvalue weighted by atomic mass is 35.5. The summed E-state index contributed by atoms with van der Waals surface area (Å²) in [7, 11) is 3.71. The molecule has 33 heavy (non-hydrogen) atoms. The standard InChI is InChI=1S/C25H28ClN5O2/c1-30-22(28-29-23(30)25(12-13-25)17-6-4-3-5-7-17)20-9-8-18(16-21(20)26)27-24(32)31-14-10-19(33-2)11-15-31/h3-9,16,19H,10-15H2,1-2H3,(H,27,32). The van der Waals surface area contributed by atoms with Crippen molar-refractivity contribution in [3.63, 3.8) is 0 Å². The topological polar surface area (TPSA) is 72.3 Å². The van der Waals surface area contributed by atoms with E-state index in [1.54, 1.807) is 13.2 Å². The minimum absolute atomic E-state index is 0.0715. The van der Waals surface area contributed by atoms with E-state index in [-0.39, 0.29) is 17.6 Å². The minimum Gasteiger partial charge on any atom is -0.381 e. The molecule has 2 aliphatic rings. The molecule has 0 radical (unpaired) electrons. The lowest BCUT2D eigenvalue weighted by atomic mass is 9.95. The van der Waals surface area contributed by atoms with Gasteiger partial charge in [0.05, 0.1) is 16.5 Å². The second-order valence-corrected chi connectivity index (χ2v) is 9.31. The smallest absolute Gasteiger partial charge is 0.321 e. The largest absolute Gasteiger partial charge is 0.381 e. The van der Waals surface area contributed by atoms with Gasteiger partial charge in [-0.1, -0.05) is 41.9 Å². The van der Waals surface area contributed by atoms with Gasteiger partial charge < -0.3 is 19.5 Å². The molecule has 3 aromatic rings. The number of nitrogens with zero attached hydrogens (tertiary/aromatic N) is 4. The van der Waals surface area contributed by atoms with Crippen LogP contribution >= 0.6 is 11.6 Å². The van der Waals surface area contributed by atoms with E-state index in [1.807, 2.05) is 34.7 Å². The zero-order chi connectivity index (χ0) is 23.0. The van der Waals surface area contributed by atoms with E-state index in [9.17, 15) is 4.79 Å². The molecule has 0 unspecified atom stereocenters. The van der Waals surface area contributed by atoms with Gasteiger partial charge in [0, 0.05) is 38.5 Å². The fourth-order valence-corrected chi connectivity index (χ4v) is 5.04. The van der Waals surface area contributed by atoms with E-state index in [2.05, 4.69) is 39.8 Å². The van der Waals surface area contributed by atoms with Crippen LogP contribution in [0.3, 0.4) is 0 Å². The number of likely N-dealkylation sites (tertiary alicyclic amines) is 1. The molecule has 172 valence electrons. The van der Waals surface area contributed by atoms with Gasteiger partial charge in [0.15, 0.2) is 5.82 Å². The number of carbonyl (C=O) groups excluding carboxylic acids is 1. The van der Waals surface area contributed by atoms with Crippen LogP contribution < -0.4 is 5.32 Å². The molecule has 0 bridgehead atoms. The van der Waals surface area contributed by atoms with Gasteiger partial charge in [-0.15, -0.1) is 10.2 Å². The van der Waals surface area contributed by atoms with Crippen LogP contribution in [0, 0.1) is 0 Å². The minimum atomic E-state index is -0.118. The van der Waals surface area contributed by atoms with Crippen LogP contribution in [0.25, 0.3) is 11.4 Å². The highest BCUT2D eigenvalue weighted by molar-refractivity contribution is 6.33. The van der Waals surface area contributed by atoms with Gasteiger partial charge in [-0.25, -0.2) is 4.79 Å². The van der Waals surface area contributed by atoms with Crippen molar-refractivity contribution in [3.05, 3.63) is 64.9 Å². The monoisotopic (exact) mass is 465 g/mol. The number of halogens is 1. The van der Waals surface area contributed by atoms with Crippen molar-refractivity contribution in [2.75, 3.05) is 25.5 Å². The third-order valence-corrected chi connectivity index (χ3v) is 7.22. The number of amides is 2. The molecule has 1 N–H and O–H groups in total. The first-order chi connectivity index (χ1) is 16.0. The summed E-state index contributed by atoms with van der Waals surface area (Å²) in [6.07, 6.45) is 4.05. The van der Waals surface area contributed by atoms with Crippen molar-refractivity contribution >= 4 is 23.3 Å². The number of benzene rings is 2. The Morgan fingerprint density at radius 1 is 1.12 bits per heavy atom. The molecule has 1 aliphatic heterocycles. The fraction of sp³-hybridized carbons (Fsp3) is 0.400. The van der Waals surface area contributed by atoms with E-state index < -0.39 is 0 Å². The first kappa shape index (κ1) is 21.9. The molecule has 5 rings (SSSR count). The summed E-state index contributed by atoms with van der Waals surface area (Å²) in [6, 6.07) is 15.9. The third-order valence-electron chi connectivity index (χ3n) is 6.90. The summed E-state index contributed by atoms with van der Waals surface area (Å²) in [5, 5.41) is 12.5. The molecule has 2 heterocycles. The fourth-order valence-electron chi connectivity index (χ4n) is 4.78. The Balaban J connectivity index is 1.33. The summed E-state index contributed by atoms with van der Waals surface area (Å²) in [5.74, 6) is 1.67. The van der Waals surface area contributed by atoms with Crippen molar-refractivity contribution < 1.29 is 9.53 Å². The van der Waals surface area contributed by atoms with Crippen molar-refractivity contribution in [2.24, 2.45) is 7.05 Å². The normalized spacial score (nSPS) is 17.7. The lowest BCUT2D eigenvalue weighted by Gasteiger charge is -2.31. The maximum absolute atomic E-state index is 12.6. The zero-order valence-corrected chi connectivity index (χ0v) is 19.7. The number of aromatic nitrogens is 3. The summed E-state index contributed by atoms with van der Waals surface area (Å²) in [5.41, 5.74) is 2.65. The number of piperidine rings is 1. The van der Waals surface area contributed by atoms with E-state index in [0.717, 1.165) is 42.9 Å². The van der Waals surface area contributed by atoms with Crippen molar-refractivity contribution in [1.29, 1.82) is 0 Å². The third kappa shape index (κ3) is 4.11. The molecule has 2 aromatic carbocycles. The van der Waals surface area contributed by atoms with Crippen molar-refractivity contribution in [3.8, 4) is 11.4 Å². The Labute approximate surface area is 198 Å². The molecule has 2 fully saturated rings. The van der Waals surface area contributed by atoms with Crippen LogP contribution in [-0.2, 0) is 17.2 Å². The molecule has 1 aromatic heterocycles. The van der Waals surface area contributed by atoms with Gasteiger partial charge in [0.2, 0.25) is 0 Å². The molecule has 7 nitrogen and oxygen atoms in total. The predicted molar refractivity (Wildman–Crippen MR) is 129 cm³/mol. The van der Waals surface area contributed by atoms with E-state index >= 15 is 0 Å². The number of anilines is 1. The van der Waals surface area contributed by atoms with E-state index in [1.165, 1.54) is 5.56 Å². The van der Waals surface area contributed by atoms with Gasteiger partial charge >= 0.3 is 6.03 Å². The Kier molecular flexibility index (Phi) is 5.85. The second-order valence-electron chi connectivity index (χ2n) is 8.90. The molecule has 2 amide bonds. The highest BCUT2D eigenvalue weighted by Gasteiger charge is 2.49. The first-order valence-corrected chi connectivity index (χ1v) is 11.7. The zero-order valence-electron chi connectivity index (χ0n) is 18.9. The summed E-state index contributed by atoms with van der Waals surface area (Å²) >= 11 is 6.64. The molecule has 0 spiro atoms. The van der Waals surface area contributed by atoms with Gasteiger partial charge in [-0.3, -0.25) is 0 Å². The summed E-state index contributed by atoms with van der Waals surface area (Å²) < 4.78 is 7.42. The number of urea groups is 1. The Bertz CT molecular complexity index is 1150. The summed E-state index contributed by atoms with van der Waals surface area (Å²) in [4.78, 5) is 14.5. The van der Waals surface area contributed by atoms with Crippen LogP contribution in [0.1, 0.15) is 37.1 Å². The maximum atomic E-state index is 12.6. The summed E-state index contributed by atoms with van der Waals surface area (Å²) in [6.45, 7) is 1.36. The predicted octanol–water partition coefficient (Wildman–Crippen LogP) is 4.86. The lowest BCUT2D eigenvalue weighted by molar-refractivity contribution is 0.0521. The molecule has 8 heteroatoms. The Hall–Kier alpha value is -2.90. The van der Waals surface area contributed by atoms with Crippen LogP contribution in [0.5, 0.6) is 0 Å². The quantitative estimate of drug-likeness (QED) is 0.584. The van der Waals surface area contributed by atoms with E-state index in [4.69, 9.17) is 16.3 Å². The van der Waals surface area contributed by atoms with Gasteiger partial charge in [-0.05, 0) is 49.4 Å². The average Bonchev–Trinajstić information content (AvgIpc) is 3.56. The first-order valence-electron chi connectivity index (χ1n) is 11.4. The average molecular weight is 466 g/mol. The number of carbonyl (C=O) groups is 1. The Morgan fingerprint density at radius 2 is 1.85 bits per heavy atom. The van der Waals surface area contributed by atoms with Crippen LogP contribution in [0.15, 0.2) is 48.5 Å². The molecule has 1 saturated heterocycles. The molecular weight excluding hydrogens is 438 g/mol. The number of nitrogens with one attached hydrogen (secondary N) is 1. The lowest BCUT2D eigenvalue weighted by Crippen LogP contribution is -2.42. The Morgan fingerprint density at radius 3 is 2.48 bits per heavy atom. The van der Waals surface area contributed by atoms with Crippen molar-refractivity contribution in [1.82, 2.24) is 19.7 Å². The molecule has 0 atom stereocenters. The number of hydrogen-bond donors (Lipinski definition) is 1. The van der Waals surface area contributed by atoms with Crippen LogP contribution in [0.2, 0.25) is 5.02 Å². The molecular formula is C25H28ClN5O2. The van der Waals surface area contributed by atoms with Gasteiger partial charge in [-0.2, -0.15) is 0 Å². The maximum Gasteiger partial charge on any atom is 0.321 e. The second kappa shape index (κ2) is 8.80. The number of hydrogen-bond acceptors (Lipinski definition) is 4. The van der Waals surface area contributed by atoms with Gasteiger partial charge in [0.25, 0.3) is 0 Å². The van der Waals surface area contributed by atoms with Crippen molar-refractivity contribution in [2.45, 2.75) is 37.2 Å². The number of ether oxygens (including phenoxy) is 1. The molecule has 1 saturated carbocycles. The number of methoxy groups -OCH3 is 1. The van der Waals surface area contributed by atoms with Gasteiger partial charge in [0.1, 0.15) is 5.82 Å². The van der Waals surface area contributed by atoms with Crippen LogP contribution in [0.4, 0.5) is 10.5 Å². The SMILES string of the molecule is COC1CCN(C(=O)Nc2ccc(-c3nnc(C4(c5ccccc5)CC4)n3C)c(Cl)c2)CC1. The van der Waals surface area contributed by atoms with Crippen LogP contribution in [-0.4, -0.2) is 52.0 Å².